The fourth-order valence-corrected chi connectivity index (χ4v) is 10.0. The maximum atomic E-state index is 12.4. The van der Waals surface area contributed by atoms with Crippen LogP contribution in [0.25, 0.3) is 0 Å². The molecule has 9 unspecified atom stereocenters. The number of allylic oxidation sites excluding steroid dienone is 1. The Balaban J connectivity index is 0.000000536. The van der Waals surface area contributed by atoms with Gasteiger partial charge < -0.3 is 5.11 Å². The van der Waals surface area contributed by atoms with E-state index < -0.39 is 0 Å². The van der Waals surface area contributed by atoms with Crippen LogP contribution in [0.15, 0.2) is 12.7 Å². The van der Waals surface area contributed by atoms with Crippen molar-refractivity contribution in [1.29, 1.82) is 0 Å². The first-order valence-electron chi connectivity index (χ1n) is 14.0. The van der Waals surface area contributed by atoms with Gasteiger partial charge in [0.25, 0.3) is 0 Å². The van der Waals surface area contributed by atoms with Crippen molar-refractivity contribution >= 4 is 5.78 Å². The zero-order valence-electron chi connectivity index (χ0n) is 22.1. The van der Waals surface area contributed by atoms with Gasteiger partial charge in [-0.2, -0.15) is 0 Å². The molecule has 5 saturated carbocycles. The Labute approximate surface area is 199 Å². The number of ketones is 1. The summed E-state index contributed by atoms with van der Waals surface area (Å²) in [5.41, 5.74) is 1.13. The highest BCUT2D eigenvalue weighted by Crippen LogP contribution is 2.71. The van der Waals surface area contributed by atoms with Crippen molar-refractivity contribution in [2.24, 2.45) is 51.8 Å². The predicted molar refractivity (Wildman–Crippen MR) is 135 cm³/mol. The number of hydrogen-bond acceptors (Lipinski definition) is 2. The quantitative estimate of drug-likeness (QED) is 0.418. The molecule has 2 nitrogen and oxygen atoms in total. The third-order valence-corrected chi connectivity index (χ3v) is 11.4. The van der Waals surface area contributed by atoms with Gasteiger partial charge in [-0.25, -0.2) is 0 Å². The first kappa shape index (κ1) is 26.0. The van der Waals surface area contributed by atoms with Crippen LogP contribution in [0.4, 0.5) is 0 Å². The van der Waals surface area contributed by atoms with E-state index in [-0.39, 0.29) is 11.3 Å². The molecule has 0 spiro atoms. The van der Waals surface area contributed by atoms with Gasteiger partial charge in [0.1, 0.15) is 5.78 Å². The largest absolute Gasteiger partial charge is 0.396 e. The number of hydrogen-bond donors (Lipinski definition) is 1. The molecule has 0 radical (unpaired) electrons. The van der Waals surface area contributed by atoms with Gasteiger partial charge in [-0.05, 0) is 111 Å². The van der Waals surface area contributed by atoms with E-state index >= 15 is 0 Å². The third-order valence-electron chi connectivity index (χ3n) is 11.4. The monoisotopic (exact) mass is 444 g/mol. The lowest BCUT2D eigenvalue weighted by molar-refractivity contribution is -0.187. The molecule has 0 amide bonds. The molecule has 0 saturated heterocycles. The van der Waals surface area contributed by atoms with E-state index in [0.29, 0.717) is 29.1 Å². The molecule has 0 aliphatic heterocycles. The average Bonchev–Trinajstić information content (AvgIpc) is 3.23. The number of carbonyl (C=O) groups excluding carboxylic acids is 1. The molecule has 2 heteroatoms. The van der Waals surface area contributed by atoms with E-state index in [0.717, 1.165) is 36.5 Å². The minimum atomic E-state index is 0.275. The van der Waals surface area contributed by atoms with Crippen LogP contribution in [-0.2, 0) is 4.79 Å². The van der Waals surface area contributed by atoms with Crippen LogP contribution >= 0.6 is 0 Å². The van der Waals surface area contributed by atoms with Crippen LogP contribution in [0.3, 0.4) is 0 Å². The number of Topliss-reactive ketones (excluding diaryl/α,β-unsaturated/α-hetero) is 1. The SMILES string of the molecule is C=CC.CC.CC1C(=O)CCC2(C)C1CCC1(C)C3CCC4(CO)CCCC4C3CCC21. The molecule has 0 bridgehead atoms. The summed E-state index contributed by atoms with van der Waals surface area (Å²) in [6, 6.07) is 0. The van der Waals surface area contributed by atoms with Crippen LogP contribution in [0, 0.1) is 51.8 Å². The summed E-state index contributed by atoms with van der Waals surface area (Å²) in [6.07, 6.45) is 15.7. The number of fused-ring (bicyclic) bond motifs is 7. The maximum absolute atomic E-state index is 12.4. The normalized spacial score (nSPS) is 49.0. The molecule has 5 aliphatic carbocycles. The Morgan fingerprint density at radius 1 is 0.938 bits per heavy atom. The summed E-state index contributed by atoms with van der Waals surface area (Å²) in [5.74, 6) is 4.77. The summed E-state index contributed by atoms with van der Waals surface area (Å²) >= 11 is 0. The molecule has 0 heterocycles. The lowest BCUT2D eigenvalue weighted by Crippen LogP contribution is -2.61. The third kappa shape index (κ3) is 3.85. The molecular weight excluding hydrogens is 392 g/mol. The molecule has 32 heavy (non-hydrogen) atoms. The minimum absolute atomic E-state index is 0.275. The van der Waals surface area contributed by atoms with Crippen molar-refractivity contribution in [3.05, 3.63) is 12.7 Å². The van der Waals surface area contributed by atoms with Crippen LogP contribution in [0.2, 0.25) is 0 Å². The van der Waals surface area contributed by atoms with Crippen LogP contribution in [-0.4, -0.2) is 17.5 Å². The van der Waals surface area contributed by atoms with Gasteiger partial charge in [-0.15, -0.1) is 6.58 Å². The molecule has 0 aromatic carbocycles. The van der Waals surface area contributed by atoms with Gasteiger partial charge in [0.05, 0.1) is 0 Å². The lowest BCUT2D eigenvalue weighted by atomic mass is 9.38. The smallest absolute Gasteiger partial charge is 0.136 e. The first-order chi connectivity index (χ1) is 15.3. The van der Waals surface area contributed by atoms with E-state index in [4.69, 9.17) is 0 Å². The van der Waals surface area contributed by atoms with E-state index in [9.17, 15) is 9.90 Å². The topological polar surface area (TPSA) is 37.3 Å². The van der Waals surface area contributed by atoms with Crippen molar-refractivity contribution in [1.82, 2.24) is 0 Å². The second-order valence-electron chi connectivity index (χ2n) is 12.3. The van der Waals surface area contributed by atoms with E-state index in [2.05, 4.69) is 27.4 Å². The van der Waals surface area contributed by atoms with Crippen LogP contribution < -0.4 is 0 Å². The number of rotatable bonds is 1. The second kappa shape index (κ2) is 9.93. The molecule has 0 aromatic rings. The molecule has 1 N–H and O–H groups in total. The Morgan fingerprint density at radius 2 is 1.56 bits per heavy atom. The summed E-state index contributed by atoms with van der Waals surface area (Å²) in [5, 5.41) is 10.3. The van der Waals surface area contributed by atoms with Gasteiger partial charge in [0.15, 0.2) is 0 Å². The van der Waals surface area contributed by atoms with Gasteiger partial charge in [-0.3, -0.25) is 4.79 Å². The van der Waals surface area contributed by atoms with Crippen molar-refractivity contribution < 1.29 is 9.90 Å². The standard InChI is InChI=1S/C25H40O2.C3H6.C2H6/c1-16-18-8-12-24(3)19-9-14-25(15-26)11-4-5-20(25)17(19)6-7-22(24)23(18,2)13-10-21(16)27;1-3-2;1-2/h16-20,22,26H,4-15H2,1-3H3;3H,1H2,2H3;1-2H3. The lowest BCUT2D eigenvalue weighted by Gasteiger charge is -2.67. The number of carbonyl (C=O) groups is 1. The highest BCUT2D eigenvalue weighted by molar-refractivity contribution is 5.82. The van der Waals surface area contributed by atoms with Gasteiger partial charge >= 0.3 is 0 Å². The molecular formula is C30H52O2. The summed E-state index contributed by atoms with van der Waals surface area (Å²) in [4.78, 5) is 12.4. The van der Waals surface area contributed by atoms with Crippen molar-refractivity contribution in [2.45, 2.75) is 112 Å². The zero-order valence-corrected chi connectivity index (χ0v) is 22.1. The molecule has 9 atom stereocenters. The van der Waals surface area contributed by atoms with Crippen molar-refractivity contribution in [2.75, 3.05) is 6.61 Å². The fourth-order valence-electron chi connectivity index (χ4n) is 10.0. The van der Waals surface area contributed by atoms with Gasteiger partial charge in [0, 0.05) is 18.9 Å². The molecule has 5 fully saturated rings. The molecule has 5 rings (SSSR count). The Bertz CT molecular complexity index is 670. The summed E-state index contributed by atoms with van der Waals surface area (Å²) in [7, 11) is 0. The van der Waals surface area contributed by atoms with Gasteiger partial charge in [0.2, 0.25) is 0 Å². The molecule has 0 aromatic heterocycles. The number of aliphatic hydroxyl groups excluding tert-OH is 1. The molecule has 5 aliphatic rings. The van der Waals surface area contributed by atoms with Crippen LogP contribution in [0.1, 0.15) is 112 Å². The van der Waals surface area contributed by atoms with E-state index in [1.807, 2.05) is 20.8 Å². The first-order valence-corrected chi connectivity index (χ1v) is 14.0. The van der Waals surface area contributed by atoms with Gasteiger partial charge in [-0.1, -0.05) is 47.1 Å². The van der Waals surface area contributed by atoms with Crippen LogP contribution in [0.5, 0.6) is 0 Å². The Morgan fingerprint density at radius 3 is 2.22 bits per heavy atom. The predicted octanol–water partition coefficient (Wildman–Crippen LogP) is 7.84. The van der Waals surface area contributed by atoms with E-state index in [1.165, 1.54) is 57.8 Å². The fraction of sp³-hybridized carbons (Fsp3) is 0.900. The zero-order chi connectivity index (χ0) is 23.7. The van der Waals surface area contributed by atoms with E-state index in [1.54, 1.807) is 6.08 Å². The molecule has 184 valence electrons. The van der Waals surface area contributed by atoms with Crippen molar-refractivity contribution in [3.8, 4) is 0 Å². The Hall–Kier alpha value is -0.630. The summed E-state index contributed by atoms with van der Waals surface area (Å²) in [6.45, 7) is 17.1. The Kier molecular flexibility index (Phi) is 8.06. The number of aliphatic hydroxyl groups is 1. The average molecular weight is 445 g/mol. The van der Waals surface area contributed by atoms with Crippen molar-refractivity contribution in [3.63, 3.8) is 0 Å². The maximum Gasteiger partial charge on any atom is 0.136 e. The minimum Gasteiger partial charge on any atom is -0.396 e. The highest BCUT2D eigenvalue weighted by Gasteiger charge is 2.64. The summed E-state index contributed by atoms with van der Waals surface area (Å²) < 4.78 is 0. The second-order valence-corrected chi connectivity index (χ2v) is 12.3. The highest BCUT2D eigenvalue weighted by atomic mass is 16.3.